The molecule has 2 heterocycles. The van der Waals surface area contributed by atoms with Crippen molar-refractivity contribution in [2.45, 2.75) is 13.3 Å². The number of allylic oxidation sites excluding steroid dienone is 1. The van der Waals surface area contributed by atoms with E-state index in [1.807, 2.05) is 54.1 Å². The maximum Gasteiger partial charge on any atom is 0.151 e. The van der Waals surface area contributed by atoms with Crippen molar-refractivity contribution in [2.75, 3.05) is 25.6 Å². The first-order valence-electron chi connectivity index (χ1n) is 11.4. The van der Waals surface area contributed by atoms with E-state index in [1.54, 1.807) is 25.4 Å². The lowest BCUT2D eigenvalue weighted by Crippen LogP contribution is -2.09. The number of rotatable bonds is 10. The van der Waals surface area contributed by atoms with Crippen molar-refractivity contribution in [3.63, 3.8) is 0 Å². The number of anilines is 2. The fourth-order valence-electron chi connectivity index (χ4n) is 3.77. The first-order valence-corrected chi connectivity index (χ1v) is 11.7. The molecule has 2 N–H and O–H groups in total. The summed E-state index contributed by atoms with van der Waals surface area (Å²) in [6, 6.07) is 11.2. The number of nitrogens with one attached hydrogen (secondary N) is 1. The lowest BCUT2D eigenvalue weighted by atomic mass is 10.2. The average molecular weight is 504 g/mol. The number of carbonyl (C=O) groups excluding carboxylic acids is 1. The molecule has 0 fully saturated rings. The normalized spacial score (nSPS) is 11.8. The molecule has 0 saturated heterocycles. The predicted molar refractivity (Wildman–Crippen MR) is 143 cm³/mol. The van der Waals surface area contributed by atoms with Gasteiger partial charge in [-0.1, -0.05) is 17.7 Å². The molecule has 2 aromatic heterocycles. The van der Waals surface area contributed by atoms with E-state index in [9.17, 15) is 9.90 Å². The molecule has 8 nitrogen and oxygen atoms in total. The second-order valence-electron chi connectivity index (χ2n) is 7.94. The summed E-state index contributed by atoms with van der Waals surface area (Å²) in [5.41, 5.74) is 4.48. The van der Waals surface area contributed by atoms with Crippen LogP contribution in [0.15, 0.2) is 72.3 Å². The number of aliphatic imine (C=N–C) groups is 1. The standard InChI is InChI=1S/C27H26ClN5O3/c1-3-4-21(29-2)16-36-26-8-5-20(11-24(26)28)32-27-23-12-22(6-7-25(23)30-17-31-27)33-13-18(9-10-34)19(14-33)15-35/h3-8,11-15,17,34H,9-10,16H2,1-2H3,(H,30,31,32)/b4-3-,29-21?. The molecule has 0 spiro atoms. The number of aliphatic hydroxyl groups excluding tert-OH is 1. The third-order valence-corrected chi connectivity index (χ3v) is 5.88. The van der Waals surface area contributed by atoms with Gasteiger partial charge >= 0.3 is 0 Å². The Hall–Kier alpha value is -4.01. The fraction of sp³-hybridized carbons (Fsp3) is 0.185. The van der Waals surface area contributed by atoms with Gasteiger partial charge in [-0.2, -0.15) is 0 Å². The second-order valence-corrected chi connectivity index (χ2v) is 8.34. The van der Waals surface area contributed by atoms with E-state index in [4.69, 9.17) is 16.3 Å². The maximum atomic E-state index is 11.4. The molecule has 0 aliphatic heterocycles. The van der Waals surface area contributed by atoms with Crippen molar-refractivity contribution in [1.82, 2.24) is 14.5 Å². The zero-order valence-corrected chi connectivity index (χ0v) is 20.7. The van der Waals surface area contributed by atoms with Crippen molar-refractivity contribution in [3.05, 3.63) is 83.4 Å². The summed E-state index contributed by atoms with van der Waals surface area (Å²) in [6.07, 6.45) is 10.1. The molecule has 4 aromatic rings. The lowest BCUT2D eigenvalue weighted by molar-refractivity contribution is 0.112. The fourth-order valence-corrected chi connectivity index (χ4v) is 4.00. The number of aliphatic hydroxyl groups is 1. The van der Waals surface area contributed by atoms with Crippen molar-refractivity contribution in [1.29, 1.82) is 0 Å². The Bertz CT molecular complexity index is 1440. The van der Waals surface area contributed by atoms with Crippen LogP contribution in [0, 0.1) is 0 Å². The van der Waals surface area contributed by atoms with E-state index >= 15 is 0 Å². The van der Waals surface area contributed by atoms with Crippen molar-refractivity contribution in [2.24, 2.45) is 4.99 Å². The number of hydrogen-bond acceptors (Lipinski definition) is 7. The van der Waals surface area contributed by atoms with Crippen LogP contribution in [-0.4, -0.2) is 51.9 Å². The predicted octanol–water partition coefficient (Wildman–Crippen LogP) is 5.19. The number of hydrogen-bond donors (Lipinski definition) is 2. The number of ether oxygens (including phenoxy) is 1. The third-order valence-electron chi connectivity index (χ3n) is 5.59. The Morgan fingerprint density at radius 3 is 2.81 bits per heavy atom. The van der Waals surface area contributed by atoms with Crippen LogP contribution in [0.3, 0.4) is 0 Å². The van der Waals surface area contributed by atoms with Gasteiger partial charge in [0.25, 0.3) is 0 Å². The number of fused-ring (bicyclic) bond motifs is 1. The number of carbonyl (C=O) groups is 1. The quantitative estimate of drug-likeness (QED) is 0.228. The average Bonchev–Trinajstić information content (AvgIpc) is 3.30. The van der Waals surface area contributed by atoms with Gasteiger partial charge in [-0.05, 0) is 61.4 Å². The van der Waals surface area contributed by atoms with Gasteiger partial charge in [0.1, 0.15) is 24.5 Å². The minimum Gasteiger partial charge on any atom is -0.486 e. The van der Waals surface area contributed by atoms with Gasteiger partial charge in [0.15, 0.2) is 6.29 Å². The van der Waals surface area contributed by atoms with E-state index in [0.29, 0.717) is 35.2 Å². The van der Waals surface area contributed by atoms with Gasteiger partial charge in [-0.3, -0.25) is 9.79 Å². The number of aromatic nitrogens is 3. The zero-order valence-electron chi connectivity index (χ0n) is 20.0. The van der Waals surface area contributed by atoms with Crippen LogP contribution in [0.4, 0.5) is 11.5 Å². The molecule has 0 saturated carbocycles. The summed E-state index contributed by atoms with van der Waals surface area (Å²) in [6.45, 7) is 2.21. The Labute approximate surface area is 213 Å². The molecule has 0 unspecified atom stereocenters. The number of aldehydes is 1. The topological polar surface area (TPSA) is 102 Å². The van der Waals surface area contributed by atoms with Gasteiger partial charge in [0.05, 0.1) is 16.3 Å². The molecule has 0 radical (unpaired) electrons. The molecule has 9 heteroatoms. The van der Waals surface area contributed by atoms with E-state index in [0.717, 1.165) is 39.8 Å². The molecular weight excluding hydrogens is 478 g/mol. The number of nitrogens with zero attached hydrogens (tertiary/aromatic N) is 4. The van der Waals surface area contributed by atoms with Gasteiger partial charge < -0.3 is 19.7 Å². The zero-order chi connectivity index (χ0) is 25.5. The van der Waals surface area contributed by atoms with Crippen LogP contribution in [0.25, 0.3) is 16.6 Å². The van der Waals surface area contributed by atoms with Crippen molar-refractivity contribution < 1.29 is 14.6 Å². The van der Waals surface area contributed by atoms with Crippen LogP contribution >= 0.6 is 11.6 Å². The molecule has 184 valence electrons. The summed E-state index contributed by atoms with van der Waals surface area (Å²) in [5.74, 6) is 1.17. The molecule has 2 aromatic carbocycles. The first kappa shape index (κ1) is 25.1. The SMILES string of the molecule is C/C=C\C(COc1ccc(Nc2ncnc3ccc(-n4cc(C=O)c(CCO)c4)cc23)cc1Cl)=NC. The summed E-state index contributed by atoms with van der Waals surface area (Å²) in [5, 5.41) is 13.9. The molecule has 4 rings (SSSR count). The molecule has 0 bridgehead atoms. The van der Waals surface area contributed by atoms with Crippen LogP contribution in [0.1, 0.15) is 22.8 Å². The molecule has 0 aliphatic carbocycles. The highest BCUT2D eigenvalue weighted by Gasteiger charge is 2.11. The van der Waals surface area contributed by atoms with Crippen molar-refractivity contribution in [3.8, 4) is 11.4 Å². The van der Waals surface area contributed by atoms with Gasteiger partial charge in [0.2, 0.25) is 0 Å². The smallest absolute Gasteiger partial charge is 0.151 e. The molecule has 0 amide bonds. The first-order chi connectivity index (χ1) is 17.6. The summed E-state index contributed by atoms with van der Waals surface area (Å²) >= 11 is 6.47. The van der Waals surface area contributed by atoms with Crippen molar-refractivity contribution >= 4 is 46.0 Å². The Balaban J connectivity index is 1.60. The van der Waals surface area contributed by atoms with E-state index in [1.165, 1.54) is 6.33 Å². The second kappa shape index (κ2) is 11.6. The number of halogens is 1. The monoisotopic (exact) mass is 503 g/mol. The Kier molecular flexibility index (Phi) is 8.10. The molecular formula is C27H26ClN5O3. The molecule has 0 atom stereocenters. The van der Waals surface area contributed by atoms with E-state index in [-0.39, 0.29) is 6.61 Å². The van der Waals surface area contributed by atoms with Crippen LogP contribution < -0.4 is 10.1 Å². The van der Waals surface area contributed by atoms with Gasteiger partial charge in [-0.25, -0.2) is 9.97 Å². The summed E-state index contributed by atoms with van der Waals surface area (Å²) in [4.78, 5) is 24.4. The molecule has 0 aliphatic rings. The summed E-state index contributed by atoms with van der Waals surface area (Å²) in [7, 11) is 1.72. The molecule has 36 heavy (non-hydrogen) atoms. The van der Waals surface area contributed by atoms with E-state index in [2.05, 4.69) is 20.3 Å². The van der Waals surface area contributed by atoms with Crippen LogP contribution in [-0.2, 0) is 6.42 Å². The van der Waals surface area contributed by atoms with Crippen LogP contribution in [0.2, 0.25) is 5.02 Å². The third kappa shape index (κ3) is 5.62. The van der Waals surface area contributed by atoms with E-state index < -0.39 is 0 Å². The minimum atomic E-state index is -0.0278. The van der Waals surface area contributed by atoms with Gasteiger partial charge in [0, 0.05) is 48.4 Å². The van der Waals surface area contributed by atoms with Gasteiger partial charge in [-0.15, -0.1) is 0 Å². The Morgan fingerprint density at radius 2 is 2.08 bits per heavy atom. The largest absolute Gasteiger partial charge is 0.486 e. The number of benzene rings is 2. The maximum absolute atomic E-state index is 11.4. The highest BCUT2D eigenvalue weighted by Crippen LogP contribution is 2.31. The van der Waals surface area contributed by atoms with Crippen LogP contribution in [0.5, 0.6) is 5.75 Å². The minimum absolute atomic E-state index is 0.0278. The summed E-state index contributed by atoms with van der Waals surface area (Å²) < 4.78 is 7.67. The highest BCUT2D eigenvalue weighted by molar-refractivity contribution is 6.32. The Morgan fingerprint density at radius 1 is 1.22 bits per heavy atom. The lowest BCUT2D eigenvalue weighted by Gasteiger charge is -2.12. The highest BCUT2D eigenvalue weighted by atomic mass is 35.5.